The molecule has 0 aliphatic rings. The predicted molar refractivity (Wildman–Crippen MR) is 79.7 cm³/mol. The lowest BCUT2D eigenvalue weighted by atomic mass is 10.2. The Morgan fingerprint density at radius 2 is 1.64 bits per heavy atom. The molecule has 0 fully saturated rings. The smallest absolute Gasteiger partial charge is 0.415 e. The van der Waals surface area contributed by atoms with Gasteiger partial charge in [-0.3, -0.25) is 9.69 Å². The number of carbonyl (C=O) groups excluding carboxylic acids is 1. The van der Waals surface area contributed by atoms with Crippen LogP contribution in [0.25, 0.3) is 0 Å². The molecule has 114 valence electrons. The van der Waals surface area contributed by atoms with Crippen LogP contribution in [0.4, 0.5) is 10.5 Å². The normalized spacial score (nSPS) is 10.0. The van der Waals surface area contributed by atoms with Crippen molar-refractivity contribution in [3.8, 4) is 5.75 Å². The minimum Gasteiger partial charge on any atom is -0.508 e. The monoisotopic (exact) mass is 301 g/mol. The highest BCUT2D eigenvalue weighted by Crippen LogP contribution is 2.16. The molecule has 2 rings (SSSR count). The summed E-state index contributed by atoms with van der Waals surface area (Å²) in [6.07, 6.45) is -0.748. The summed E-state index contributed by atoms with van der Waals surface area (Å²) in [6, 6.07) is 14.6. The number of aliphatic carboxylic acids is 1. The summed E-state index contributed by atoms with van der Waals surface area (Å²) in [7, 11) is 0. The zero-order chi connectivity index (χ0) is 15.9. The Labute approximate surface area is 127 Å². The van der Waals surface area contributed by atoms with Crippen molar-refractivity contribution >= 4 is 17.7 Å². The van der Waals surface area contributed by atoms with Gasteiger partial charge in [0.1, 0.15) is 18.9 Å². The van der Waals surface area contributed by atoms with Gasteiger partial charge >= 0.3 is 12.1 Å². The summed E-state index contributed by atoms with van der Waals surface area (Å²) >= 11 is 0. The summed E-state index contributed by atoms with van der Waals surface area (Å²) in [5, 5.41) is 18.1. The number of amides is 1. The lowest BCUT2D eigenvalue weighted by Crippen LogP contribution is -2.36. The Balaban J connectivity index is 2.05. The number of nitrogens with zero attached hydrogens (tertiary/aromatic N) is 1. The standard InChI is InChI=1S/C16H15NO5/c18-14-8-6-12(7-9-14)11-22-16(21)17(10-15(19)20)13-4-2-1-3-5-13/h1-9,18H,10-11H2,(H,19,20). The molecular formula is C16H15NO5. The molecule has 6 heteroatoms. The SMILES string of the molecule is O=C(O)CN(C(=O)OCc1ccc(O)cc1)c1ccccc1. The summed E-state index contributed by atoms with van der Waals surface area (Å²) in [6.45, 7) is -0.500. The van der Waals surface area contributed by atoms with E-state index in [2.05, 4.69) is 0 Å². The molecule has 2 N–H and O–H groups in total. The van der Waals surface area contributed by atoms with E-state index < -0.39 is 18.6 Å². The number of carbonyl (C=O) groups is 2. The Hall–Kier alpha value is -3.02. The first-order chi connectivity index (χ1) is 10.6. The number of carboxylic acids is 1. The van der Waals surface area contributed by atoms with Crippen LogP contribution in [0.2, 0.25) is 0 Å². The number of ether oxygens (including phenoxy) is 1. The minimum atomic E-state index is -1.13. The van der Waals surface area contributed by atoms with Crippen LogP contribution in [-0.2, 0) is 16.1 Å². The second-order valence-electron chi connectivity index (χ2n) is 4.54. The Bertz CT molecular complexity index is 639. The van der Waals surface area contributed by atoms with Gasteiger partial charge in [0.2, 0.25) is 0 Å². The molecule has 6 nitrogen and oxygen atoms in total. The third-order valence-electron chi connectivity index (χ3n) is 2.88. The molecule has 0 unspecified atom stereocenters. The van der Waals surface area contributed by atoms with Gasteiger partial charge in [-0.2, -0.15) is 0 Å². The van der Waals surface area contributed by atoms with Crippen LogP contribution >= 0.6 is 0 Å². The van der Waals surface area contributed by atoms with E-state index in [4.69, 9.17) is 9.84 Å². The van der Waals surface area contributed by atoms with Crippen LogP contribution in [-0.4, -0.2) is 28.8 Å². The number of rotatable bonds is 5. The molecule has 2 aromatic rings. The van der Waals surface area contributed by atoms with Crippen LogP contribution in [0.3, 0.4) is 0 Å². The van der Waals surface area contributed by atoms with E-state index in [9.17, 15) is 14.7 Å². The zero-order valence-electron chi connectivity index (χ0n) is 11.7. The van der Waals surface area contributed by atoms with Gasteiger partial charge in [0.15, 0.2) is 0 Å². The van der Waals surface area contributed by atoms with Crippen molar-refractivity contribution in [1.29, 1.82) is 0 Å². The van der Waals surface area contributed by atoms with E-state index >= 15 is 0 Å². The van der Waals surface area contributed by atoms with E-state index in [1.54, 1.807) is 42.5 Å². The number of para-hydroxylation sites is 1. The van der Waals surface area contributed by atoms with Crippen LogP contribution in [0.5, 0.6) is 5.75 Å². The van der Waals surface area contributed by atoms with Gasteiger partial charge in [-0.15, -0.1) is 0 Å². The van der Waals surface area contributed by atoms with Gasteiger partial charge in [0, 0.05) is 5.69 Å². The maximum Gasteiger partial charge on any atom is 0.415 e. The van der Waals surface area contributed by atoms with E-state index in [-0.39, 0.29) is 12.4 Å². The Kier molecular flexibility index (Phi) is 4.98. The van der Waals surface area contributed by atoms with Crippen molar-refractivity contribution in [3.63, 3.8) is 0 Å². The fraction of sp³-hybridized carbons (Fsp3) is 0.125. The van der Waals surface area contributed by atoms with Crippen molar-refractivity contribution in [2.45, 2.75) is 6.61 Å². The lowest BCUT2D eigenvalue weighted by Gasteiger charge is -2.20. The quantitative estimate of drug-likeness (QED) is 0.886. The highest BCUT2D eigenvalue weighted by atomic mass is 16.6. The zero-order valence-corrected chi connectivity index (χ0v) is 11.7. The van der Waals surface area contributed by atoms with Crippen LogP contribution in [0, 0.1) is 0 Å². The van der Waals surface area contributed by atoms with Crippen molar-refractivity contribution in [2.75, 3.05) is 11.4 Å². The minimum absolute atomic E-state index is 0.0118. The molecule has 0 spiro atoms. The molecule has 2 aromatic carbocycles. The fourth-order valence-electron chi connectivity index (χ4n) is 1.82. The third kappa shape index (κ3) is 4.24. The highest BCUT2D eigenvalue weighted by molar-refractivity contribution is 5.92. The summed E-state index contributed by atoms with van der Waals surface area (Å²) in [4.78, 5) is 24.1. The van der Waals surface area contributed by atoms with Gasteiger partial charge in [-0.05, 0) is 29.8 Å². The molecule has 0 saturated carbocycles. The highest BCUT2D eigenvalue weighted by Gasteiger charge is 2.20. The van der Waals surface area contributed by atoms with E-state index in [0.717, 1.165) is 4.90 Å². The Morgan fingerprint density at radius 3 is 2.23 bits per heavy atom. The van der Waals surface area contributed by atoms with Crippen LogP contribution < -0.4 is 4.90 Å². The number of aromatic hydroxyl groups is 1. The van der Waals surface area contributed by atoms with Gasteiger partial charge in [0.25, 0.3) is 0 Å². The largest absolute Gasteiger partial charge is 0.508 e. The average Bonchev–Trinajstić information content (AvgIpc) is 2.52. The van der Waals surface area contributed by atoms with Crippen molar-refractivity contribution in [1.82, 2.24) is 0 Å². The number of hydrogen-bond acceptors (Lipinski definition) is 4. The number of carboxylic acid groups (broad SMARTS) is 1. The van der Waals surface area contributed by atoms with Crippen molar-refractivity contribution in [2.24, 2.45) is 0 Å². The first kappa shape index (κ1) is 15.4. The van der Waals surface area contributed by atoms with Crippen molar-refractivity contribution in [3.05, 3.63) is 60.2 Å². The third-order valence-corrected chi connectivity index (χ3v) is 2.88. The number of phenols is 1. The predicted octanol–water partition coefficient (Wildman–Crippen LogP) is 2.62. The Morgan fingerprint density at radius 1 is 1.00 bits per heavy atom. The molecule has 0 radical (unpaired) electrons. The second-order valence-corrected chi connectivity index (χ2v) is 4.54. The van der Waals surface area contributed by atoms with Gasteiger partial charge < -0.3 is 14.9 Å². The molecule has 0 aliphatic heterocycles. The summed E-state index contributed by atoms with van der Waals surface area (Å²) < 4.78 is 5.13. The lowest BCUT2D eigenvalue weighted by molar-refractivity contribution is -0.135. The number of benzene rings is 2. The number of phenolic OH excluding ortho intramolecular Hbond substituents is 1. The maximum absolute atomic E-state index is 12.1. The summed E-state index contributed by atoms with van der Waals surface area (Å²) in [5.41, 5.74) is 1.13. The van der Waals surface area contributed by atoms with Crippen LogP contribution in [0.15, 0.2) is 54.6 Å². The number of anilines is 1. The molecule has 0 aromatic heterocycles. The molecule has 0 atom stereocenters. The average molecular weight is 301 g/mol. The molecule has 22 heavy (non-hydrogen) atoms. The first-order valence-corrected chi connectivity index (χ1v) is 6.55. The first-order valence-electron chi connectivity index (χ1n) is 6.55. The molecular weight excluding hydrogens is 286 g/mol. The molecule has 0 saturated heterocycles. The van der Waals surface area contributed by atoms with E-state index in [1.165, 1.54) is 12.1 Å². The summed E-state index contributed by atoms with van der Waals surface area (Å²) in [5.74, 6) is -1.02. The van der Waals surface area contributed by atoms with E-state index in [1.807, 2.05) is 0 Å². The second kappa shape index (κ2) is 7.12. The molecule has 1 amide bonds. The van der Waals surface area contributed by atoms with Gasteiger partial charge in [-0.1, -0.05) is 30.3 Å². The fourth-order valence-corrected chi connectivity index (χ4v) is 1.82. The number of hydrogen-bond donors (Lipinski definition) is 2. The van der Waals surface area contributed by atoms with Gasteiger partial charge in [-0.25, -0.2) is 4.79 Å². The molecule has 0 heterocycles. The van der Waals surface area contributed by atoms with E-state index in [0.29, 0.717) is 11.3 Å². The van der Waals surface area contributed by atoms with Crippen LogP contribution in [0.1, 0.15) is 5.56 Å². The maximum atomic E-state index is 12.1. The molecule has 0 aliphatic carbocycles. The van der Waals surface area contributed by atoms with Crippen molar-refractivity contribution < 1.29 is 24.5 Å². The van der Waals surface area contributed by atoms with Gasteiger partial charge in [0.05, 0.1) is 0 Å². The topological polar surface area (TPSA) is 87.1 Å². The molecule has 0 bridgehead atoms.